The van der Waals surface area contributed by atoms with Gasteiger partial charge >= 0.3 is 6.61 Å². The molecule has 0 saturated heterocycles. The van der Waals surface area contributed by atoms with Gasteiger partial charge in [-0.25, -0.2) is 0 Å². The first kappa shape index (κ1) is 14.9. The standard InChI is InChI=1S/C13H20F2N2O/c1-9(2)17(3)11(8-16)10-6-4-5-7-12(10)18-13(14)15/h4-7,9,11,13H,8,16H2,1-3H3. The van der Waals surface area contributed by atoms with Gasteiger partial charge < -0.3 is 10.5 Å². The monoisotopic (exact) mass is 258 g/mol. The number of nitrogens with two attached hydrogens (primary N) is 1. The highest BCUT2D eigenvalue weighted by Crippen LogP contribution is 2.30. The van der Waals surface area contributed by atoms with E-state index in [1.54, 1.807) is 24.3 Å². The van der Waals surface area contributed by atoms with Crippen molar-refractivity contribution in [3.05, 3.63) is 29.8 Å². The van der Waals surface area contributed by atoms with Gasteiger partial charge in [-0.2, -0.15) is 8.78 Å². The maximum Gasteiger partial charge on any atom is 0.387 e. The lowest BCUT2D eigenvalue weighted by Gasteiger charge is -2.31. The van der Waals surface area contributed by atoms with Gasteiger partial charge in [0.2, 0.25) is 0 Å². The third kappa shape index (κ3) is 3.65. The van der Waals surface area contributed by atoms with Crippen LogP contribution in [0.3, 0.4) is 0 Å². The number of hydrogen-bond donors (Lipinski definition) is 1. The molecule has 0 heterocycles. The summed E-state index contributed by atoms with van der Waals surface area (Å²) in [5.41, 5.74) is 6.45. The fourth-order valence-electron chi connectivity index (χ4n) is 1.83. The van der Waals surface area contributed by atoms with Gasteiger partial charge in [-0.05, 0) is 27.0 Å². The predicted molar refractivity (Wildman–Crippen MR) is 67.8 cm³/mol. The smallest absolute Gasteiger partial charge is 0.387 e. The number of rotatable bonds is 6. The Labute approximate surface area is 107 Å². The van der Waals surface area contributed by atoms with Crippen LogP contribution in [-0.4, -0.2) is 31.1 Å². The lowest BCUT2D eigenvalue weighted by atomic mass is 10.0. The fourth-order valence-corrected chi connectivity index (χ4v) is 1.83. The fraction of sp³-hybridized carbons (Fsp3) is 0.538. The average Bonchev–Trinajstić information content (AvgIpc) is 2.31. The van der Waals surface area contributed by atoms with Crippen molar-refractivity contribution in [1.29, 1.82) is 0 Å². The van der Waals surface area contributed by atoms with Crippen molar-refractivity contribution >= 4 is 0 Å². The van der Waals surface area contributed by atoms with E-state index in [9.17, 15) is 8.78 Å². The second-order valence-electron chi connectivity index (χ2n) is 4.43. The molecule has 0 amide bonds. The van der Waals surface area contributed by atoms with E-state index < -0.39 is 6.61 Å². The molecule has 0 aromatic heterocycles. The molecular weight excluding hydrogens is 238 g/mol. The first-order valence-electron chi connectivity index (χ1n) is 5.93. The molecule has 1 unspecified atom stereocenters. The number of alkyl halides is 2. The summed E-state index contributed by atoms with van der Waals surface area (Å²) >= 11 is 0. The summed E-state index contributed by atoms with van der Waals surface area (Å²) in [6.45, 7) is 1.57. The quantitative estimate of drug-likeness (QED) is 0.852. The normalized spacial score (nSPS) is 13.4. The molecule has 0 bridgehead atoms. The minimum absolute atomic E-state index is 0.139. The molecule has 0 aliphatic rings. The van der Waals surface area contributed by atoms with E-state index in [0.717, 1.165) is 0 Å². The molecule has 1 aromatic carbocycles. The van der Waals surface area contributed by atoms with E-state index in [1.807, 2.05) is 25.8 Å². The Kier molecular flexibility index (Phi) is 5.50. The van der Waals surface area contributed by atoms with Gasteiger partial charge in [0, 0.05) is 18.2 Å². The Balaban J connectivity index is 3.05. The predicted octanol–water partition coefficient (Wildman–Crippen LogP) is 2.63. The minimum atomic E-state index is -2.83. The van der Waals surface area contributed by atoms with Gasteiger partial charge in [-0.1, -0.05) is 18.2 Å². The minimum Gasteiger partial charge on any atom is -0.434 e. The highest BCUT2D eigenvalue weighted by molar-refractivity contribution is 5.36. The van der Waals surface area contributed by atoms with Crippen LogP contribution >= 0.6 is 0 Å². The molecule has 0 radical (unpaired) electrons. The molecule has 0 saturated carbocycles. The van der Waals surface area contributed by atoms with E-state index in [0.29, 0.717) is 12.1 Å². The molecular formula is C13H20F2N2O. The molecule has 3 nitrogen and oxygen atoms in total. The van der Waals surface area contributed by atoms with Gasteiger partial charge in [0.05, 0.1) is 6.04 Å². The highest BCUT2D eigenvalue weighted by Gasteiger charge is 2.22. The largest absolute Gasteiger partial charge is 0.434 e. The molecule has 0 aliphatic carbocycles. The second kappa shape index (κ2) is 6.66. The molecule has 0 fully saturated rings. The van der Waals surface area contributed by atoms with Crippen molar-refractivity contribution in [3.8, 4) is 5.75 Å². The van der Waals surface area contributed by atoms with E-state index in [2.05, 4.69) is 4.74 Å². The van der Waals surface area contributed by atoms with Crippen LogP contribution in [0.25, 0.3) is 0 Å². The van der Waals surface area contributed by atoms with Crippen LogP contribution in [-0.2, 0) is 0 Å². The summed E-state index contributed by atoms with van der Waals surface area (Å²) in [4.78, 5) is 2.04. The van der Waals surface area contributed by atoms with Gasteiger partial charge in [-0.3, -0.25) is 4.90 Å². The molecule has 1 rings (SSSR count). The number of halogens is 2. The molecule has 0 spiro atoms. The zero-order valence-electron chi connectivity index (χ0n) is 10.9. The molecule has 1 aromatic rings. The molecule has 102 valence electrons. The Morgan fingerprint density at radius 1 is 1.28 bits per heavy atom. The first-order valence-corrected chi connectivity index (χ1v) is 5.93. The Bertz CT molecular complexity index is 372. The van der Waals surface area contributed by atoms with Gasteiger partial charge in [-0.15, -0.1) is 0 Å². The van der Waals surface area contributed by atoms with Gasteiger partial charge in [0.1, 0.15) is 5.75 Å². The summed E-state index contributed by atoms with van der Waals surface area (Å²) in [7, 11) is 1.92. The van der Waals surface area contributed by atoms with Crippen LogP contribution < -0.4 is 10.5 Å². The highest BCUT2D eigenvalue weighted by atomic mass is 19.3. The maximum atomic E-state index is 12.4. The lowest BCUT2D eigenvalue weighted by molar-refractivity contribution is -0.0511. The molecule has 2 N–H and O–H groups in total. The number of hydrogen-bond acceptors (Lipinski definition) is 3. The van der Waals surface area contributed by atoms with Crippen LogP contribution in [0.1, 0.15) is 25.5 Å². The van der Waals surface area contributed by atoms with Crippen molar-refractivity contribution in [3.63, 3.8) is 0 Å². The van der Waals surface area contributed by atoms with E-state index in [1.165, 1.54) is 0 Å². The van der Waals surface area contributed by atoms with Gasteiger partial charge in [0.15, 0.2) is 0 Å². The topological polar surface area (TPSA) is 38.5 Å². The number of likely N-dealkylation sites (N-methyl/N-ethyl adjacent to an activating group) is 1. The number of nitrogens with zero attached hydrogens (tertiary/aromatic N) is 1. The number of para-hydroxylation sites is 1. The Morgan fingerprint density at radius 3 is 2.39 bits per heavy atom. The van der Waals surface area contributed by atoms with Gasteiger partial charge in [0.25, 0.3) is 0 Å². The maximum absolute atomic E-state index is 12.4. The number of ether oxygens (including phenoxy) is 1. The van der Waals surface area contributed by atoms with Crippen LogP contribution in [0.4, 0.5) is 8.78 Å². The molecule has 0 aliphatic heterocycles. The van der Waals surface area contributed by atoms with Crippen molar-refractivity contribution in [2.75, 3.05) is 13.6 Å². The zero-order chi connectivity index (χ0) is 13.7. The van der Waals surface area contributed by atoms with Crippen molar-refractivity contribution < 1.29 is 13.5 Å². The SMILES string of the molecule is CC(C)N(C)C(CN)c1ccccc1OC(F)F. The zero-order valence-corrected chi connectivity index (χ0v) is 10.9. The van der Waals surface area contributed by atoms with Crippen LogP contribution in [0.2, 0.25) is 0 Å². The van der Waals surface area contributed by atoms with E-state index in [4.69, 9.17) is 5.73 Å². The van der Waals surface area contributed by atoms with Crippen molar-refractivity contribution in [1.82, 2.24) is 4.90 Å². The lowest BCUT2D eigenvalue weighted by Crippen LogP contribution is -2.35. The first-order chi connectivity index (χ1) is 8.47. The Hall–Kier alpha value is -1.20. The number of benzene rings is 1. The van der Waals surface area contributed by atoms with Crippen LogP contribution in [0.15, 0.2) is 24.3 Å². The summed E-state index contributed by atoms with van der Waals surface area (Å²) in [6, 6.07) is 6.90. The van der Waals surface area contributed by atoms with Crippen molar-refractivity contribution in [2.24, 2.45) is 5.73 Å². The average molecular weight is 258 g/mol. The van der Waals surface area contributed by atoms with E-state index >= 15 is 0 Å². The summed E-state index contributed by atoms with van der Waals surface area (Å²) in [5, 5.41) is 0. The van der Waals surface area contributed by atoms with Crippen molar-refractivity contribution in [2.45, 2.75) is 32.5 Å². The summed E-state index contributed by atoms with van der Waals surface area (Å²) in [6.07, 6.45) is 0. The summed E-state index contributed by atoms with van der Waals surface area (Å²) in [5.74, 6) is 0.190. The van der Waals surface area contributed by atoms with E-state index in [-0.39, 0.29) is 17.8 Å². The molecule has 1 atom stereocenters. The van der Waals surface area contributed by atoms with Crippen LogP contribution in [0, 0.1) is 0 Å². The van der Waals surface area contributed by atoms with Crippen LogP contribution in [0.5, 0.6) is 5.75 Å². The second-order valence-corrected chi connectivity index (χ2v) is 4.43. The Morgan fingerprint density at radius 2 is 1.89 bits per heavy atom. The summed E-state index contributed by atoms with van der Waals surface area (Å²) < 4.78 is 29.3. The third-order valence-electron chi connectivity index (χ3n) is 3.02. The molecule has 18 heavy (non-hydrogen) atoms. The third-order valence-corrected chi connectivity index (χ3v) is 3.02. The molecule has 5 heteroatoms.